The first-order chi connectivity index (χ1) is 12.5. The van der Waals surface area contributed by atoms with Gasteiger partial charge in [-0.2, -0.15) is 0 Å². The van der Waals surface area contributed by atoms with Gasteiger partial charge in [-0.05, 0) is 31.9 Å². The van der Waals surface area contributed by atoms with Gasteiger partial charge in [0.25, 0.3) is 5.56 Å². The van der Waals surface area contributed by atoms with Gasteiger partial charge < -0.3 is 14.9 Å². The molecule has 0 aromatic carbocycles. The minimum absolute atomic E-state index is 0.0804. The summed E-state index contributed by atoms with van der Waals surface area (Å²) in [7, 11) is 0. The maximum absolute atomic E-state index is 12.7. The van der Waals surface area contributed by atoms with E-state index in [-0.39, 0.29) is 11.1 Å². The van der Waals surface area contributed by atoms with Gasteiger partial charge in [-0.3, -0.25) is 14.3 Å². The topological polar surface area (TPSA) is 91.6 Å². The highest BCUT2D eigenvalue weighted by Crippen LogP contribution is 2.38. The van der Waals surface area contributed by atoms with Crippen LogP contribution in [-0.4, -0.2) is 55.8 Å². The number of carbonyl (C=O) groups is 1. The molecule has 2 aromatic rings. The van der Waals surface area contributed by atoms with Crippen molar-refractivity contribution in [2.24, 2.45) is 0 Å². The molecule has 1 spiro atoms. The van der Waals surface area contributed by atoms with E-state index in [0.717, 1.165) is 18.4 Å². The fraction of sp³-hybridized carbons (Fsp3) is 0.444. The van der Waals surface area contributed by atoms with Crippen molar-refractivity contribution in [2.75, 3.05) is 24.5 Å². The maximum atomic E-state index is 12.7. The Labute approximate surface area is 150 Å². The number of likely N-dealkylation sites (N-methyl/N-ethyl adjacent to an activating group) is 1. The Balaban J connectivity index is 1.79. The van der Waals surface area contributed by atoms with Crippen LogP contribution in [0.1, 0.15) is 19.8 Å². The minimum Gasteiger partial charge on any atom is -0.465 e. The highest BCUT2D eigenvalue weighted by Gasteiger charge is 2.47. The highest BCUT2D eigenvalue weighted by molar-refractivity contribution is 5.66. The first kappa shape index (κ1) is 16.6. The van der Waals surface area contributed by atoms with Crippen molar-refractivity contribution in [3.05, 3.63) is 40.9 Å². The third kappa shape index (κ3) is 2.53. The van der Waals surface area contributed by atoms with Gasteiger partial charge in [0, 0.05) is 50.2 Å². The summed E-state index contributed by atoms with van der Waals surface area (Å²) in [5.41, 5.74) is 1.09. The van der Waals surface area contributed by atoms with Crippen LogP contribution in [0.4, 0.5) is 10.7 Å². The number of pyridine rings is 1. The molecule has 1 fully saturated rings. The molecular formula is C18H21N5O3. The van der Waals surface area contributed by atoms with E-state index in [0.29, 0.717) is 37.8 Å². The molecule has 0 radical (unpaired) electrons. The molecule has 136 valence electrons. The number of likely N-dealkylation sites (tertiary alicyclic amines) is 1. The first-order valence-corrected chi connectivity index (χ1v) is 8.82. The first-order valence-electron chi connectivity index (χ1n) is 8.82. The average molecular weight is 355 g/mol. The van der Waals surface area contributed by atoms with E-state index in [1.807, 2.05) is 19.1 Å². The summed E-state index contributed by atoms with van der Waals surface area (Å²) in [6.45, 7) is 4.21. The molecule has 1 amide bonds. The number of amides is 1. The van der Waals surface area contributed by atoms with Crippen molar-refractivity contribution < 1.29 is 9.90 Å². The van der Waals surface area contributed by atoms with Crippen LogP contribution in [0.25, 0.3) is 11.3 Å². The van der Waals surface area contributed by atoms with E-state index in [9.17, 15) is 14.7 Å². The van der Waals surface area contributed by atoms with Gasteiger partial charge in [0.15, 0.2) is 0 Å². The lowest BCUT2D eigenvalue weighted by molar-refractivity contribution is 0.151. The van der Waals surface area contributed by atoms with Crippen molar-refractivity contribution in [1.29, 1.82) is 0 Å². The van der Waals surface area contributed by atoms with E-state index in [1.165, 1.54) is 4.90 Å². The molecule has 4 rings (SSSR count). The number of fused-ring (bicyclic) bond motifs is 1. The molecule has 2 aromatic heterocycles. The molecule has 1 saturated heterocycles. The SMILES string of the molecule is CCN1c2nc(-c3ccncc3)cc(=O)n2CCC12CCN(C(=O)O)C2. The van der Waals surface area contributed by atoms with E-state index in [2.05, 4.69) is 9.88 Å². The van der Waals surface area contributed by atoms with Crippen LogP contribution in [0.5, 0.6) is 0 Å². The molecule has 0 aliphatic carbocycles. The van der Waals surface area contributed by atoms with E-state index >= 15 is 0 Å². The molecule has 8 nitrogen and oxygen atoms in total. The summed E-state index contributed by atoms with van der Waals surface area (Å²) in [5.74, 6) is 0.630. The number of nitrogens with zero attached hydrogens (tertiary/aromatic N) is 5. The zero-order valence-corrected chi connectivity index (χ0v) is 14.6. The lowest BCUT2D eigenvalue weighted by Gasteiger charge is -2.45. The smallest absolute Gasteiger partial charge is 0.407 e. The predicted molar refractivity (Wildman–Crippen MR) is 96.3 cm³/mol. The molecule has 1 atom stereocenters. The van der Waals surface area contributed by atoms with Crippen molar-refractivity contribution >= 4 is 12.0 Å². The Bertz CT molecular complexity index is 897. The third-order valence-electron chi connectivity index (χ3n) is 5.50. The van der Waals surface area contributed by atoms with Crippen LogP contribution in [0, 0.1) is 0 Å². The quantitative estimate of drug-likeness (QED) is 0.881. The zero-order valence-electron chi connectivity index (χ0n) is 14.6. The summed E-state index contributed by atoms with van der Waals surface area (Å²) >= 11 is 0. The number of rotatable bonds is 2. The van der Waals surface area contributed by atoms with Crippen molar-refractivity contribution in [2.45, 2.75) is 31.8 Å². The highest BCUT2D eigenvalue weighted by atomic mass is 16.4. The number of carboxylic acid groups (broad SMARTS) is 1. The number of hydrogen-bond donors (Lipinski definition) is 1. The lowest BCUT2D eigenvalue weighted by Crippen LogP contribution is -2.57. The molecule has 2 aliphatic heterocycles. The van der Waals surface area contributed by atoms with Crippen molar-refractivity contribution in [3.63, 3.8) is 0 Å². The largest absolute Gasteiger partial charge is 0.465 e. The van der Waals surface area contributed by atoms with Crippen LogP contribution in [-0.2, 0) is 6.54 Å². The van der Waals surface area contributed by atoms with Crippen LogP contribution in [0.15, 0.2) is 35.4 Å². The Morgan fingerprint density at radius 2 is 2.00 bits per heavy atom. The van der Waals surface area contributed by atoms with Crippen molar-refractivity contribution in [1.82, 2.24) is 19.4 Å². The molecule has 4 heterocycles. The molecule has 26 heavy (non-hydrogen) atoms. The molecular weight excluding hydrogens is 334 g/mol. The summed E-state index contributed by atoms with van der Waals surface area (Å²) in [6.07, 6.45) is 3.96. The maximum Gasteiger partial charge on any atom is 0.407 e. The average Bonchev–Trinajstić information content (AvgIpc) is 3.07. The van der Waals surface area contributed by atoms with Gasteiger partial charge in [-0.1, -0.05) is 0 Å². The van der Waals surface area contributed by atoms with Crippen LogP contribution >= 0.6 is 0 Å². The predicted octanol–water partition coefficient (Wildman–Crippen LogP) is 1.66. The van der Waals surface area contributed by atoms with Crippen LogP contribution in [0.2, 0.25) is 0 Å². The fourth-order valence-corrected chi connectivity index (χ4v) is 4.17. The standard InChI is InChI=1S/C18H21N5O3/c1-2-23-16-20-14(13-3-7-19-8-4-13)11-15(24)22(16)10-6-18(23)5-9-21(12-18)17(25)26/h3-4,7-8,11H,2,5-6,9-10,12H2,1H3,(H,25,26). The second-order valence-electron chi connectivity index (χ2n) is 6.84. The Morgan fingerprint density at radius 1 is 1.27 bits per heavy atom. The van der Waals surface area contributed by atoms with Crippen LogP contribution in [0.3, 0.4) is 0 Å². The lowest BCUT2D eigenvalue weighted by atomic mass is 9.90. The fourth-order valence-electron chi connectivity index (χ4n) is 4.17. The minimum atomic E-state index is -0.889. The third-order valence-corrected chi connectivity index (χ3v) is 5.50. The van der Waals surface area contributed by atoms with Gasteiger partial charge in [-0.15, -0.1) is 0 Å². The van der Waals surface area contributed by atoms with Gasteiger partial charge in [0.05, 0.1) is 11.2 Å². The van der Waals surface area contributed by atoms with Gasteiger partial charge in [0.2, 0.25) is 5.95 Å². The summed E-state index contributed by atoms with van der Waals surface area (Å²) in [4.78, 5) is 36.4. The normalized spacial score (nSPS) is 21.9. The molecule has 8 heteroatoms. The monoisotopic (exact) mass is 355 g/mol. The summed E-state index contributed by atoms with van der Waals surface area (Å²) in [5, 5.41) is 9.35. The van der Waals surface area contributed by atoms with Crippen molar-refractivity contribution in [3.8, 4) is 11.3 Å². The molecule has 2 aliphatic rings. The van der Waals surface area contributed by atoms with E-state index in [4.69, 9.17) is 4.98 Å². The van der Waals surface area contributed by atoms with E-state index in [1.54, 1.807) is 23.0 Å². The van der Waals surface area contributed by atoms with E-state index < -0.39 is 6.09 Å². The Morgan fingerprint density at radius 3 is 2.65 bits per heavy atom. The number of aromatic nitrogens is 3. The number of anilines is 1. The molecule has 0 saturated carbocycles. The Kier molecular flexibility index (Phi) is 3.90. The second kappa shape index (κ2) is 6.12. The Hall–Kier alpha value is -2.90. The van der Waals surface area contributed by atoms with Gasteiger partial charge in [-0.25, -0.2) is 9.78 Å². The molecule has 1 unspecified atom stereocenters. The molecule has 1 N–H and O–H groups in total. The van der Waals surface area contributed by atoms with Crippen LogP contribution < -0.4 is 10.5 Å². The summed E-state index contributed by atoms with van der Waals surface area (Å²) < 4.78 is 1.70. The van der Waals surface area contributed by atoms with Gasteiger partial charge in [0.1, 0.15) is 0 Å². The summed E-state index contributed by atoms with van der Waals surface area (Å²) in [6, 6.07) is 5.22. The molecule has 0 bridgehead atoms. The van der Waals surface area contributed by atoms with Gasteiger partial charge >= 0.3 is 6.09 Å². The number of hydrogen-bond acceptors (Lipinski definition) is 5. The second-order valence-corrected chi connectivity index (χ2v) is 6.84. The zero-order chi connectivity index (χ0) is 18.3.